The quantitative estimate of drug-likeness (QED) is 0.801. The van der Waals surface area contributed by atoms with Crippen molar-refractivity contribution in [2.75, 3.05) is 31.1 Å². The van der Waals surface area contributed by atoms with E-state index in [4.69, 9.17) is 23.2 Å². The molecule has 1 aromatic carbocycles. The van der Waals surface area contributed by atoms with Crippen molar-refractivity contribution in [3.63, 3.8) is 0 Å². The summed E-state index contributed by atoms with van der Waals surface area (Å²) in [6, 6.07) is 5.81. The van der Waals surface area contributed by atoms with Gasteiger partial charge in [-0.3, -0.25) is 4.90 Å². The molecule has 0 spiro atoms. The molecule has 0 aliphatic carbocycles. The van der Waals surface area contributed by atoms with Gasteiger partial charge in [-0.25, -0.2) is 4.98 Å². The number of benzene rings is 1. The first kappa shape index (κ1) is 14.5. The summed E-state index contributed by atoms with van der Waals surface area (Å²) in [5.74, 6) is 3.83. The summed E-state index contributed by atoms with van der Waals surface area (Å²) in [7, 11) is 0. The van der Waals surface area contributed by atoms with Crippen LogP contribution in [0.25, 0.3) is 11.0 Å². The molecule has 2 heterocycles. The highest BCUT2D eigenvalue weighted by Gasteiger charge is 2.14. The first-order chi connectivity index (χ1) is 9.78. The Bertz CT molecular complexity index is 593. The van der Waals surface area contributed by atoms with Gasteiger partial charge in [0.2, 0.25) is 0 Å². The van der Waals surface area contributed by atoms with Gasteiger partial charge in [0.1, 0.15) is 5.82 Å². The van der Waals surface area contributed by atoms with Crippen molar-refractivity contribution < 1.29 is 0 Å². The summed E-state index contributed by atoms with van der Waals surface area (Å²) < 4.78 is 2.20. The fraction of sp³-hybridized carbons (Fsp3) is 0.500. The molecule has 0 amide bonds. The molecule has 1 aromatic heterocycles. The van der Waals surface area contributed by atoms with E-state index in [9.17, 15) is 0 Å². The zero-order valence-corrected chi connectivity index (χ0v) is 13.5. The van der Waals surface area contributed by atoms with E-state index in [1.54, 1.807) is 0 Å². The Hall–Kier alpha value is -0.420. The number of alkyl halides is 1. The highest BCUT2D eigenvalue weighted by molar-refractivity contribution is 7.99. The van der Waals surface area contributed by atoms with E-state index in [2.05, 4.69) is 14.5 Å². The lowest BCUT2D eigenvalue weighted by molar-refractivity contribution is 0.290. The van der Waals surface area contributed by atoms with Crippen molar-refractivity contribution in [1.29, 1.82) is 0 Å². The zero-order valence-electron chi connectivity index (χ0n) is 11.2. The number of aromatic nitrogens is 2. The largest absolute Gasteiger partial charge is 0.326 e. The molecule has 3 nitrogen and oxygen atoms in total. The van der Waals surface area contributed by atoms with Gasteiger partial charge in [0.25, 0.3) is 0 Å². The van der Waals surface area contributed by atoms with E-state index < -0.39 is 0 Å². The van der Waals surface area contributed by atoms with Crippen LogP contribution in [0.5, 0.6) is 0 Å². The Kier molecular flexibility index (Phi) is 4.76. The van der Waals surface area contributed by atoms with E-state index in [0.29, 0.717) is 5.88 Å². The average molecular weight is 330 g/mol. The van der Waals surface area contributed by atoms with Crippen molar-refractivity contribution in [2.24, 2.45) is 0 Å². The molecule has 1 saturated heterocycles. The molecule has 0 saturated carbocycles. The zero-order chi connectivity index (χ0) is 13.9. The molecule has 0 N–H and O–H groups in total. The Balaban J connectivity index is 1.83. The smallest absolute Gasteiger partial charge is 0.124 e. The van der Waals surface area contributed by atoms with Gasteiger partial charge >= 0.3 is 0 Å². The van der Waals surface area contributed by atoms with Crippen molar-refractivity contribution >= 4 is 46.0 Å². The van der Waals surface area contributed by atoms with Crippen LogP contribution < -0.4 is 0 Å². The van der Waals surface area contributed by atoms with Gasteiger partial charge in [-0.05, 0) is 18.2 Å². The lowest BCUT2D eigenvalue weighted by atomic mass is 10.3. The summed E-state index contributed by atoms with van der Waals surface area (Å²) >= 11 is 14.2. The van der Waals surface area contributed by atoms with E-state index in [-0.39, 0.29) is 0 Å². The lowest BCUT2D eigenvalue weighted by Gasteiger charge is -2.26. The molecule has 20 heavy (non-hydrogen) atoms. The number of thioether (sulfide) groups is 1. The maximum absolute atomic E-state index is 6.10. The number of fused-ring (bicyclic) bond motifs is 1. The molecular weight excluding hydrogens is 313 g/mol. The minimum atomic E-state index is 0.433. The minimum Gasteiger partial charge on any atom is -0.326 e. The highest BCUT2D eigenvalue weighted by atomic mass is 35.5. The molecule has 108 valence electrons. The van der Waals surface area contributed by atoms with E-state index in [1.807, 2.05) is 30.0 Å². The number of imidazole rings is 1. The van der Waals surface area contributed by atoms with Crippen LogP contribution in [-0.2, 0) is 12.4 Å². The van der Waals surface area contributed by atoms with Crippen molar-refractivity contribution in [2.45, 2.75) is 12.4 Å². The minimum absolute atomic E-state index is 0.433. The maximum atomic E-state index is 6.10. The van der Waals surface area contributed by atoms with Crippen molar-refractivity contribution in [3.8, 4) is 0 Å². The van der Waals surface area contributed by atoms with Crippen LogP contribution >= 0.6 is 35.0 Å². The van der Waals surface area contributed by atoms with E-state index in [0.717, 1.165) is 35.0 Å². The second-order valence-electron chi connectivity index (χ2n) is 4.90. The Labute approximate surface area is 133 Å². The predicted octanol–water partition coefficient (Wildman–Crippen LogP) is 3.48. The second kappa shape index (κ2) is 6.56. The number of rotatable bonds is 4. The molecule has 0 radical (unpaired) electrons. The van der Waals surface area contributed by atoms with Gasteiger partial charge in [0.15, 0.2) is 0 Å². The van der Waals surface area contributed by atoms with Gasteiger partial charge in [-0.2, -0.15) is 11.8 Å². The SMILES string of the molecule is ClCc1nc2ccc(Cl)cc2n1CCN1CCSCC1. The van der Waals surface area contributed by atoms with Crippen molar-refractivity contribution in [1.82, 2.24) is 14.5 Å². The fourth-order valence-electron chi connectivity index (χ4n) is 2.56. The molecule has 0 atom stereocenters. The Morgan fingerprint density at radius 1 is 1.20 bits per heavy atom. The molecule has 1 aliphatic rings. The summed E-state index contributed by atoms with van der Waals surface area (Å²) in [6.45, 7) is 4.31. The van der Waals surface area contributed by atoms with Crippen LogP contribution in [0.3, 0.4) is 0 Å². The number of nitrogens with zero attached hydrogens (tertiary/aromatic N) is 3. The van der Waals surface area contributed by atoms with Crippen LogP contribution in [0.4, 0.5) is 0 Å². The number of hydrogen-bond donors (Lipinski definition) is 0. The first-order valence-corrected chi connectivity index (χ1v) is 8.85. The third-order valence-corrected chi connectivity index (χ3v) is 5.07. The topological polar surface area (TPSA) is 21.1 Å². The number of hydrogen-bond acceptors (Lipinski definition) is 3. The van der Waals surface area contributed by atoms with Gasteiger partial charge < -0.3 is 4.57 Å². The van der Waals surface area contributed by atoms with Crippen molar-refractivity contribution in [3.05, 3.63) is 29.0 Å². The molecule has 6 heteroatoms. The monoisotopic (exact) mass is 329 g/mol. The van der Waals surface area contributed by atoms with Crippen LogP contribution in [-0.4, -0.2) is 45.6 Å². The summed E-state index contributed by atoms with van der Waals surface area (Å²) in [6.07, 6.45) is 0. The molecular formula is C14H17Cl2N3S. The van der Waals surface area contributed by atoms with Crippen LogP contribution in [0, 0.1) is 0 Å². The van der Waals surface area contributed by atoms with Gasteiger partial charge in [0.05, 0.1) is 16.9 Å². The standard InChI is InChI=1S/C14H17Cl2N3S/c15-10-14-17-12-2-1-11(16)9-13(12)19(14)4-3-18-5-7-20-8-6-18/h1-2,9H,3-8,10H2. The third-order valence-electron chi connectivity index (χ3n) is 3.65. The first-order valence-electron chi connectivity index (χ1n) is 6.78. The molecule has 1 aliphatic heterocycles. The normalized spacial score (nSPS) is 16.9. The second-order valence-corrected chi connectivity index (χ2v) is 6.83. The van der Waals surface area contributed by atoms with Crippen LogP contribution in [0.1, 0.15) is 5.82 Å². The Morgan fingerprint density at radius 2 is 2.00 bits per heavy atom. The highest BCUT2D eigenvalue weighted by Crippen LogP contribution is 2.22. The number of halogens is 2. The molecule has 0 bridgehead atoms. The third kappa shape index (κ3) is 3.08. The lowest BCUT2D eigenvalue weighted by Crippen LogP contribution is -2.35. The van der Waals surface area contributed by atoms with Gasteiger partial charge in [-0.1, -0.05) is 11.6 Å². The summed E-state index contributed by atoms with van der Waals surface area (Å²) in [4.78, 5) is 7.09. The predicted molar refractivity (Wildman–Crippen MR) is 88.1 cm³/mol. The summed E-state index contributed by atoms with van der Waals surface area (Å²) in [5, 5.41) is 0.745. The van der Waals surface area contributed by atoms with Crippen LogP contribution in [0.15, 0.2) is 18.2 Å². The van der Waals surface area contributed by atoms with Crippen LogP contribution in [0.2, 0.25) is 5.02 Å². The Morgan fingerprint density at radius 3 is 2.75 bits per heavy atom. The molecule has 3 rings (SSSR count). The molecule has 1 fully saturated rings. The fourth-order valence-corrected chi connectivity index (χ4v) is 3.91. The van der Waals surface area contributed by atoms with E-state index in [1.165, 1.54) is 24.6 Å². The maximum Gasteiger partial charge on any atom is 0.124 e. The molecule has 0 unspecified atom stereocenters. The molecule has 2 aromatic rings. The van der Waals surface area contributed by atoms with Gasteiger partial charge in [0, 0.05) is 42.7 Å². The van der Waals surface area contributed by atoms with E-state index >= 15 is 0 Å². The summed E-state index contributed by atoms with van der Waals surface area (Å²) in [5.41, 5.74) is 2.05. The average Bonchev–Trinajstić information content (AvgIpc) is 2.83. The van der Waals surface area contributed by atoms with Gasteiger partial charge in [-0.15, -0.1) is 11.6 Å².